The number of morpholine rings is 1. The van der Waals surface area contributed by atoms with E-state index in [1.807, 2.05) is 18.2 Å². The molecule has 1 aromatic carbocycles. The zero-order valence-electron chi connectivity index (χ0n) is 16.5. The Morgan fingerprint density at radius 1 is 1.10 bits per heavy atom. The molecule has 2 aliphatic heterocycles. The third-order valence-electron chi connectivity index (χ3n) is 5.52. The topological polar surface area (TPSA) is 75.0 Å². The highest BCUT2D eigenvalue weighted by Crippen LogP contribution is 2.20. The van der Waals surface area contributed by atoms with Crippen LogP contribution in [-0.2, 0) is 16.1 Å². The zero-order valence-corrected chi connectivity index (χ0v) is 16.5. The van der Waals surface area contributed by atoms with Crippen molar-refractivity contribution in [3.05, 3.63) is 60.1 Å². The number of benzene rings is 1. The molecular weight excluding hydrogens is 370 g/mol. The third-order valence-corrected chi connectivity index (χ3v) is 5.52. The first-order valence-electron chi connectivity index (χ1n) is 10.2. The van der Waals surface area contributed by atoms with Gasteiger partial charge in [0.15, 0.2) is 5.76 Å². The number of nitrogens with one attached hydrogen (secondary N) is 1. The van der Waals surface area contributed by atoms with Gasteiger partial charge >= 0.3 is 0 Å². The highest BCUT2D eigenvalue weighted by Gasteiger charge is 2.35. The molecule has 0 spiro atoms. The van der Waals surface area contributed by atoms with E-state index in [-0.39, 0.29) is 23.7 Å². The minimum absolute atomic E-state index is 0.0490. The first kappa shape index (κ1) is 19.7. The largest absolute Gasteiger partial charge is 0.459 e. The summed E-state index contributed by atoms with van der Waals surface area (Å²) in [5, 5.41) is 2.99. The van der Waals surface area contributed by atoms with E-state index in [1.54, 1.807) is 17.0 Å². The molecule has 1 N–H and O–H groups in total. The van der Waals surface area contributed by atoms with Crippen LogP contribution in [0.1, 0.15) is 29.0 Å². The van der Waals surface area contributed by atoms with Gasteiger partial charge in [-0.3, -0.25) is 14.5 Å². The van der Waals surface area contributed by atoms with Crippen molar-refractivity contribution in [1.29, 1.82) is 0 Å². The number of furan rings is 1. The van der Waals surface area contributed by atoms with Crippen LogP contribution in [0.5, 0.6) is 0 Å². The number of ether oxygens (including phenoxy) is 1. The van der Waals surface area contributed by atoms with Crippen LogP contribution in [0.15, 0.2) is 53.1 Å². The molecule has 2 atom stereocenters. The predicted molar refractivity (Wildman–Crippen MR) is 107 cm³/mol. The van der Waals surface area contributed by atoms with Crippen molar-refractivity contribution in [2.75, 3.05) is 32.8 Å². The number of rotatable bonds is 6. The highest BCUT2D eigenvalue weighted by atomic mass is 16.5. The van der Waals surface area contributed by atoms with E-state index in [4.69, 9.17) is 9.15 Å². The molecule has 2 aliphatic rings. The molecule has 2 saturated heterocycles. The molecule has 7 nitrogen and oxygen atoms in total. The van der Waals surface area contributed by atoms with Gasteiger partial charge in [0.05, 0.1) is 19.0 Å². The monoisotopic (exact) mass is 397 g/mol. The van der Waals surface area contributed by atoms with Crippen molar-refractivity contribution >= 4 is 11.8 Å². The van der Waals surface area contributed by atoms with Gasteiger partial charge in [0.2, 0.25) is 5.91 Å². The lowest BCUT2D eigenvalue weighted by molar-refractivity contribution is -0.126. The van der Waals surface area contributed by atoms with Gasteiger partial charge < -0.3 is 19.4 Å². The summed E-state index contributed by atoms with van der Waals surface area (Å²) in [6.07, 6.45) is 2.91. The normalized spacial score (nSPS) is 22.6. The van der Waals surface area contributed by atoms with Crippen LogP contribution in [0.25, 0.3) is 0 Å². The van der Waals surface area contributed by atoms with E-state index in [2.05, 4.69) is 22.3 Å². The Bertz CT molecular complexity index is 809. The molecule has 29 heavy (non-hydrogen) atoms. The van der Waals surface area contributed by atoms with E-state index in [1.165, 1.54) is 11.8 Å². The quantitative estimate of drug-likeness (QED) is 0.806. The molecule has 1 aromatic heterocycles. The molecule has 2 aromatic rings. The molecule has 0 bridgehead atoms. The van der Waals surface area contributed by atoms with Crippen molar-refractivity contribution < 1.29 is 18.7 Å². The number of carbonyl (C=O) groups is 2. The molecule has 2 amide bonds. The van der Waals surface area contributed by atoms with Gasteiger partial charge in [-0.2, -0.15) is 0 Å². The predicted octanol–water partition coefficient (Wildman–Crippen LogP) is 1.90. The maximum Gasteiger partial charge on any atom is 0.290 e. The maximum atomic E-state index is 12.7. The zero-order chi connectivity index (χ0) is 20.1. The van der Waals surface area contributed by atoms with Gasteiger partial charge in [0, 0.05) is 32.7 Å². The van der Waals surface area contributed by atoms with E-state index < -0.39 is 6.04 Å². The fourth-order valence-corrected chi connectivity index (χ4v) is 4.05. The average Bonchev–Trinajstić information content (AvgIpc) is 3.45. The van der Waals surface area contributed by atoms with Crippen molar-refractivity contribution in [1.82, 2.24) is 15.1 Å². The van der Waals surface area contributed by atoms with Crippen LogP contribution in [0.2, 0.25) is 0 Å². The fraction of sp³-hybridized carbons (Fsp3) is 0.455. The smallest absolute Gasteiger partial charge is 0.290 e. The van der Waals surface area contributed by atoms with Crippen molar-refractivity contribution in [2.45, 2.75) is 31.5 Å². The number of hydrogen-bond donors (Lipinski definition) is 1. The van der Waals surface area contributed by atoms with Crippen molar-refractivity contribution in [3.63, 3.8) is 0 Å². The highest BCUT2D eigenvalue weighted by molar-refractivity contribution is 5.95. The molecular formula is C22H27N3O4. The van der Waals surface area contributed by atoms with Crippen LogP contribution in [0.4, 0.5) is 0 Å². The summed E-state index contributed by atoms with van der Waals surface area (Å²) in [6, 6.07) is 13.2. The Balaban J connectivity index is 1.28. The molecule has 4 rings (SSSR count). The standard InChI is InChI=1S/C22H27N3O4/c26-21(19-8-4-10-25(19)22(27)20-9-5-12-29-20)23-14-18-16-24(11-13-28-18)15-17-6-2-1-3-7-17/h1-3,5-7,9,12,18-19H,4,8,10-11,13-16H2,(H,23,26)/t18-,19+/m0/s1. The van der Waals surface area contributed by atoms with Gasteiger partial charge in [0.25, 0.3) is 5.91 Å². The molecule has 7 heteroatoms. The van der Waals surface area contributed by atoms with Gasteiger partial charge in [0.1, 0.15) is 6.04 Å². The molecule has 0 radical (unpaired) electrons. The van der Waals surface area contributed by atoms with Gasteiger partial charge in [-0.25, -0.2) is 0 Å². The Morgan fingerprint density at radius 3 is 2.76 bits per heavy atom. The fourth-order valence-electron chi connectivity index (χ4n) is 4.05. The lowest BCUT2D eigenvalue weighted by atomic mass is 10.1. The summed E-state index contributed by atoms with van der Waals surface area (Å²) < 4.78 is 11.0. The molecule has 0 aliphatic carbocycles. The van der Waals surface area contributed by atoms with Gasteiger partial charge in [-0.05, 0) is 30.5 Å². The summed E-state index contributed by atoms with van der Waals surface area (Å²) in [4.78, 5) is 29.3. The summed E-state index contributed by atoms with van der Waals surface area (Å²) in [5.41, 5.74) is 1.27. The number of amides is 2. The minimum atomic E-state index is -0.448. The first-order valence-corrected chi connectivity index (χ1v) is 10.2. The summed E-state index contributed by atoms with van der Waals surface area (Å²) >= 11 is 0. The molecule has 0 saturated carbocycles. The van der Waals surface area contributed by atoms with E-state index >= 15 is 0 Å². The number of likely N-dealkylation sites (tertiary alicyclic amines) is 1. The SMILES string of the molecule is O=C(NC[C@H]1CN(Cc2ccccc2)CCO1)[C@H]1CCCN1C(=O)c1ccco1. The molecule has 154 valence electrons. The van der Waals surface area contributed by atoms with Crippen LogP contribution < -0.4 is 5.32 Å². The van der Waals surface area contributed by atoms with Crippen LogP contribution in [0.3, 0.4) is 0 Å². The molecule has 3 heterocycles. The number of nitrogens with zero attached hydrogens (tertiary/aromatic N) is 2. The second-order valence-corrected chi connectivity index (χ2v) is 7.59. The van der Waals surface area contributed by atoms with Crippen molar-refractivity contribution in [2.24, 2.45) is 0 Å². The second kappa shape index (κ2) is 9.24. The van der Waals surface area contributed by atoms with Crippen LogP contribution in [0, 0.1) is 0 Å². The van der Waals surface area contributed by atoms with Crippen LogP contribution in [-0.4, -0.2) is 66.5 Å². The summed E-state index contributed by atoms with van der Waals surface area (Å²) in [6.45, 7) is 4.21. The lowest BCUT2D eigenvalue weighted by Gasteiger charge is -2.33. The summed E-state index contributed by atoms with van der Waals surface area (Å²) in [5.74, 6) is -0.0707. The van der Waals surface area contributed by atoms with E-state index in [9.17, 15) is 9.59 Å². The Labute approximate surface area is 170 Å². The minimum Gasteiger partial charge on any atom is -0.459 e. The van der Waals surface area contributed by atoms with E-state index in [0.717, 1.165) is 26.1 Å². The maximum absolute atomic E-state index is 12.7. The molecule has 0 unspecified atom stereocenters. The van der Waals surface area contributed by atoms with E-state index in [0.29, 0.717) is 26.1 Å². The Morgan fingerprint density at radius 2 is 1.97 bits per heavy atom. The van der Waals surface area contributed by atoms with Crippen LogP contribution >= 0.6 is 0 Å². The first-order chi connectivity index (χ1) is 14.2. The second-order valence-electron chi connectivity index (χ2n) is 7.59. The van der Waals surface area contributed by atoms with Crippen molar-refractivity contribution in [3.8, 4) is 0 Å². The average molecular weight is 397 g/mol. The van der Waals surface area contributed by atoms with Gasteiger partial charge in [-0.15, -0.1) is 0 Å². The molecule has 2 fully saturated rings. The summed E-state index contributed by atoms with van der Waals surface area (Å²) in [7, 11) is 0. The Kier molecular flexibility index (Phi) is 6.27. The number of carbonyl (C=O) groups excluding carboxylic acids is 2. The number of hydrogen-bond acceptors (Lipinski definition) is 5. The van der Waals surface area contributed by atoms with Gasteiger partial charge in [-0.1, -0.05) is 30.3 Å². The third kappa shape index (κ3) is 4.86. The lowest BCUT2D eigenvalue weighted by Crippen LogP contribution is -2.51. The Hall–Kier alpha value is -2.64.